The molecule has 1 atom stereocenters. The van der Waals surface area contributed by atoms with Crippen LogP contribution in [0.5, 0.6) is 0 Å². The fraction of sp³-hybridized carbons (Fsp3) is 0.190. The van der Waals surface area contributed by atoms with Crippen molar-refractivity contribution in [2.45, 2.75) is 18.6 Å². The minimum atomic E-state index is -0.569. The van der Waals surface area contributed by atoms with E-state index in [-0.39, 0.29) is 16.5 Å². The summed E-state index contributed by atoms with van der Waals surface area (Å²) in [7, 11) is 1.42. The van der Waals surface area contributed by atoms with E-state index in [9.17, 15) is 19.2 Å². The Hall–Kier alpha value is -3.11. The third-order valence-electron chi connectivity index (χ3n) is 4.36. The van der Waals surface area contributed by atoms with E-state index in [2.05, 4.69) is 5.32 Å². The quantitative estimate of drug-likeness (QED) is 0.637. The number of carbonyl (C=O) groups excluding carboxylic acids is 2. The topological polar surface area (TPSA) is 73.2 Å². The van der Waals surface area contributed by atoms with Gasteiger partial charge in [0.05, 0.1) is 5.25 Å². The molecule has 1 heterocycles. The van der Waals surface area contributed by atoms with Gasteiger partial charge in [-0.2, -0.15) is 5.26 Å². The van der Waals surface area contributed by atoms with E-state index in [1.165, 1.54) is 48.0 Å². The van der Waals surface area contributed by atoms with Gasteiger partial charge in [0.2, 0.25) is 5.91 Å². The first-order valence-electron chi connectivity index (χ1n) is 8.62. The highest BCUT2D eigenvalue weighted by Crippen LogP contribution is 2.41. The van der Waals surface area contributed by atoms with E-state index in [0.29, 0.717) is 12.1 Å². The van der Waals surface area contributed by atoms with E-state index >= 15 is 0 Å². The summed E-state index contributed by atoms with van der Waals surface area (Å²) in [6, 6.07) is 15.1. The van der Waals surface area contributed by atoms with Gasteiger partial charge in [-0.25, -0.2) is 4.39 Å². The third kappa shape index (κ3) is 3.92. The number of anilines is 1. The van der Waals surface area contributed by atoms with Gasteiger partial charge in [-0.15, -0.1) is 0 Å². The van der Waals surface area contributed by atoms with Crippen LogP contribution in [0.4, 0.5) is 10.1 Å². The first kappa shape index (κ1) is 19.6. The Morgan fingerprint density at radius 1 is 1.21 bits per heavy atom. The van der Waals surface area contributed by atoms with Crippen LogP contribution in [-0.2, 0) is 16.0 Å². The molecule has 2 amide bonds. The van der Waals surface area contributed by atoms with E-state index in [1.54, 1.807) is 0 Å². The Labute approximate surface area is 166 Å². The minimum absolute atomic E-state index is 0.142. The maximum atomic E-state index is 13.3. The van der Waals surface area contributed by atoms with Gasteiger partial charge in [0.15, 0.2) is 0 Å². The number of likely N-dealkylation sites (N-methyl/N-ethyl adjacent to an activating group) is 1. The van der Waals surface area contributed by atoms with Crippen LogP contribution in [0.2, 0.25) is 0 Å². The molecule has 1 aliphatic heterocycles. The molecule has 0 bridgehead atoms. The van der Waals surface area contributed by atoms with Crippen LogP contribution < -0.4 is 10.2 Å². The molecule has 7 heteroatoms. The number of carbonyl (C=O) groups is 2. The second kappa shape index (κ2) is 8.28. The van der Waals surface area contributed by atoms with E-state index in [4.69, 9.17) is 0 Å². The monoisotopic (exact) mass is 395 g/mol. The molecule has 5 nitrogen and oxygen atoms in total. The fourth-order valence-electron chi connectivity index (χ4n) is 2.88. The Kier molecular flexibility index (Phi) is 5.81. The van der Waals surface area contributed by atoms with Gasteiger partial charge >= 0.3 is 0 Å². The lowest BCUT2D eigenvalue weighted by atomic mass is 10.1. The molecule has 2 aromatic carbocycles. The average molecular weight is 395 g/mol. The highest BCUT2D eigenvalue weighted by atomic mass is 32.2. The van der Waals surface area contributed by atoms with Crippen molar-refractivity contribution in [1.29, 1.82) is 5.26 Å². The lowest BCUT2D eigenvalue weighted by molar-refractivity contribution is -0.117. The van der Waals surface area contributed by atoms with Crippen molar-refractivity contribution in [2.75, 3.05) is 11.9 Å². The van der Waals surface area contributed by atoms with Crippen LogP contribution in [0.25, 0.3) is 0 Å². The zero-order valence-corrected chi connectivity index (χ0v) is 16.2. The zero-order valence-electron chi connectivity index (χ0n) is 15.4. The van der Waals surface area contributed by atoms with Gasteiger partial charge in [-0.1, -0.05) is 41.6 Å². The lowest BCUT2D eigenvalue weighted by Crippen LogP contribution is -2.31. The zero-order chi connectivity index (χ0) is 20.3. The lowest BCUT2D eigenvalue weighted by Gasteiger charge is -2.18. The molecule has 0 aromatic heterocycles. The summed E-state index contributed by atoms with van der Waals surface area (Å²) in [4.78, 5) is 26.6. The first-order valence-corrected chi connectivity index (χ1v) is 9.50. The van der Waals surface area contributed by atoms with Crippen LogP contribution in [0, 0.1) is 24.1 Å². The maximum Gasteiger partial charge on any atom is 0.264 e. The van der Waals surface area contributed by atoms with Gasteiger partial charge in [0.1, 0.15) is 22.5 Å². The molecule has 0 saturated carbocycles. The minimum Gasteiger partial charge on any atom is -0.354 e. The Balaban J connectivity index is 2.03. The molecule has 142 valence electrons. The molecular weight excluding hydrogens is 377 g/mol. The van der Waals surface area contributed by atoms with E-state index in [1.807, 2.05) is 37.3 Å². The number of nitrogens with zero attached hydrogens (tertiary/aromatic N) is 2. The molecule has 1 unspecified atom stereocenters. The van der Waals surface area contributed by atoms with E-state index < -0.39 is 17.0 Å². The highest BCUT2D eigenvalue weighted by Gasteiger charge is 2.40. The Bertz CT molecular complexity index is 978. The van der Waals surface area contributed by atoms with Crippen molar-refractivity contribution in [3.05, 3.63) is 76.1 Å². The maximum absolute atomic E-state index is 13.3. The van der Waals surface area contributed by atoms with Crippen molar-refractivity contribution in [3.63, 3.8) is 0 Å². The molecule has 1 saturated heterocycles. The summed E-state index contributed by atoms with van der Waals surface area (Å²) in [6.45, 7) is 1.99. The number of amides is 2. The number of nitrogens with one attached hydrogen (secondary N) is 1. The summed E-state index contributed by atoms with van der Waals surface area (Å²) >= 11 is 1.18. The molecule has 0 spiro atoms. The van der Waals surface area contributed by atoms with Gasteiger partial charge < -0.3 is 5.32 Å². The summed E-state index contributed by atoms with van der Waals surface area (Å²) < 4.78 is 13.3. The third-order valence-corrected chi connectivity index (χ3v) is 5.62. The van der Waals surface area contributed by atoms with Gasteiger partial charge in [0.25, 0.3) is 5.91 Å². The van der Waals surface area contributed by atoms with Crippen LogP contribution in [0.15, 0.2) is 59.1 Å². The number of hydrogen-bond donors (Lipinski definition) is 1. The van der Waals surface area contributed by atoms with Crippen molar-refractivity contribution < 1.29 is 14.0 Å². The smallest absolute Gasteiger partial charge is 0.264 e. The van der Waals surface area contributed by atoms with Crippen LogP contribution in [0.3, 0.4) is 0 Å². The number of hydrogen-bond acceptors (Lipinski definition) is 4. The molecular formula is C21H18FN3O2S. The number of benzene rings is 2. The van der Waals surface area contributed by atoms with Crippen LogP contribution >= 0.6 is 11.8 Å². The normalized spacial score (nSPS) is 18.0. The number of thioether (sulfide) groups is 1. The molecule has 3 rings (SSSR count). The SMILES string of the molecule is CNC(=O)/C(C#N)=C1\SC(Cc2ccc(C)cc2)C(=O)N1c1ccc(F)cc1. The number of nitriles is 1. The molecule has 2 aromatic rings. The van der Waals surface area contributed by atoms with Crippen LogP contribution in [0.1, 0.15) is 11.1 Å². The second-order valence-corrected chi connectivity index (χ2v) is 7.51. The predicted molar refractivity (Wildman–Crippen MR) is 107 cm³/mol. The van der Waals surface area contributed by atoms with Crippen molar-refractivity contribution in [1.82, 2.24) is 5.32 Å². The highest BCUT2D eigenvalue weighted by molar-refractivity contribution is 8.05. The van der Waals surface area contributed by atoms with E-state index in [0.717, 1.165) is 11.1 Å². The molecule has 1 fully saturated rings. The first-order chi connectivity index (χ1) is 13.4. The number of aryl methyl sites for hydroxylation is 1. The summed E-state index contributed by atoms with van der Waals surface area (Å²) in [6.07, 6.45) is 0.456. The van der Waals surface area contributed by atoms with Gasteiger partial charge in [-0.05, 0) is 43.2 Å². The summed E-state index contributed by atoms with van der Waals surface area (Å²) in [5, 5.41) is 11.7. The Morgan fingerprint density at radius 3 is 2.43 bits per heavy atom. The Morgan fingerprint density at radius 2 is 1.86 bits per heavy atom. The predicted octanol–water partition coefficient (Wildman–Crippen LogP) is 3.31. The largest absolute Gasteiger partial charge is 0.354 e. The van der Waals surface area contributed by atoms with Gasteiger partial charge in [0, 0.05) is 12.7 Å². The molecule has 0 aliphatic carbocycles. The van der Waals surface area contributed by atoms with Gasteiger partial charge in [-0.3, -0.25) is 14.5 Å². The van der Waals surface area contributed by atoms with Crippen molar-refractivity contribution >= 4 is 29.3 Å². The molecule has 1 N–H and O–H groups in total. The summed E-state index contributed by atoms with van der Waals surface area (Å²) in [5.41, 5.74) is 2.37. The number of rotatable bonds is 4. The van der Waals surface area contributed by atoms with Crippen molar-refractivity contribution in [2.24, 2.45) is 0 Å². The average Bonchev–Trinajstić information content (AvgIpc) is 3.00. The standard InChI is InChI=1S/C21H18FN3O2S/c1-13-3-5-14(6-4-13)11-18-20(27)25(16-9-7-15(22)8-10-16)21(28-18)17(12-23)19(26)24-2/h3-10,18H,11H2,1-2H3,(H,24,26)/b21-17-. The molecule has 1 aliphatic rings. The van der Waals surface area contributed by atoms with Crippen molar-refractivity contribution in [3.8, 4) is 6.07 Å². The fourth-order valence-corrected chi connectivity index (χ4v) is 4.18. The molecule has 28 heavy (non-hydrogen) atoms. The molecule has 0 radical (unpaired) electrons. The number of halogens is 1. The second-order valence-electron chi connectivity index (χ2n) is 6.32. The van der Waals surface area contributed by atoms with Crippen LogP contribution in [-0.4, -0.2) is 24.1 Å². The summed E-state index contributed by atoms with van der Waals surface area (Å²) in [5.74, 6) is -1.25.